The summed E-state index contributed by atoms with van der Waals surface area (Å²) < 4.78 is 5.67. The van der Waals surface area contributed by atoms with Gasteiger partial charge in [0, 0.05) is 6.54 Å². The number of nitrogens with zero attached hydrogens (tertiary/aromatic N) is 1. The molecule has 1 unspecified atom stereocenters. The van der Waals surface area contributed by atoms with Gasteiger partial charge in [-0.1, -0.05) is 30.5 Å². The first-order chi connectivity index (χ1) is 11.2. The van der Waals surface area contributed by atoms with Crippen LogP contribution in [0.4, 0.5) is 0 Å². The Kier molecular flexibility index (Phi) is 7.40. The largest absolute Gasteiger partial charge is 0.494 e. The molecule has 1 aromatic carbocycles. The number of amides is 1. The molecule has 4 nitrogen and oxygen atoms in total. The lowest BCUT2D eigenvalue weighted by Gasteiger charge is -2.26. The molecule has 1 N–H and O–H groups in total. The summed E-state index contributed by atoms with van der Waals surface area (Å²) in [7, 11) is 0. The average Bonchev–Trinajstić information content (AvgIpc) is 2.84. The predicted molar refractivity (Wildman–Crippen MR) is 93.8 cm³/mol. The van der Waals surface area contributed by atoms with Gasteiger partial charge in [0.2, 0.25) is 5.91 Å². The Morgan fingerprint density at radius 1 is 1.17 bits per heavy atom. The fourth-order valence-electron chi connectivity index (χ4n) is 2.90. The summed E-state index contributed by atoms with van der Waals surface area (Å²) in [5.74, 6) is 1.03. The van der Waals surface area contributed by atoms with E-state index in [0.717, 1.165) is 25.3 Å². The Balaban J connectivity index is 1.61. The van der Waals surface area contributed by atoms with Crippen LogP contribution in [-0.4, -0.2) is 43.1 Å². The molecule has 1 aromatic rings. The summed E-state index contributed by atoms with van der Waals surface area (Å²) in [6.07, 6.45) is 5.83. The van der Waals surface area contributed by atoms with E-state index in [1.54, 1.807) is 0 Å². The summed E-state index contributed by atoms with van der Waals surface area (Å²) in [6.45, 7) is 7.47. The number of benzene rings is 1. The Morgan fingerprint density at radius 3 is 2.48 bits per heavy atom. The van der Waals surface area contributed by atoms with Crippen LogP contribution in [-0.2, 0) is 4.79 Å². The van der Waals surface area contributed by atoms with Crippen LogP contribution in [0.25, 0.3) is 0 Å². The average molecular weight is 318 g/mol. The van der Waals surface area contributed by atoms with Gasteiger partial charge in [-0.3, -0.25) is 9.69 Å². The maximum absolute atomic E-state index is 12.2. The van der Waals surface area contributed by atoms with Gasteiger partial charge in [-0.15, -0.1) is 0 Å². The van der Waals surface area contributed by atoms with Crippen LogP contribution in [0.3, 0.4) is 0 Å². The third-order valence-corrected chi connectivity index (χ3v) is 4.48. The lowest BCUT2D eigenvalue weighted by atomic mass is 10.2. The molecule has 0 saturated carbocycles. The highest BCUT2D eigenvalue weighted by molar-refractivity contribution is 5.81. The normalized spacial score (nSPS) is 17.3. The zero-order chi connectivity index (χ0) is 16.5. The maximum atomic E-state index is 12.2. The number of hydrogen-bond donors (Lipinski definition) is 1. The Bertz CT molecular complexity index is 465. The van der Waals surface area contributed by atoms with Crippen molar-refractivity contribution in [3.63, 3.8) is 0 Å². The zero-order valence-corrected chi connectivity index (χ0v) is 14.5. The van der Waals surface area contributed by atoms with Crippen LogP contribution in [0, 0.1) is 6.92 Å². The van der Waals surface area contributed by atoms with Crippen molar-refractivity contribution in [2.75, 3.05) is 26.2 Å². The topological polar surface area (TPSA) is 41.6 Å². The zero-order valence-electron chi connectivity index (χ0n) is 14.5. The molecular weight excluding hydrogens is 288 g/mol. The number of carbonyl (C=O) groups is 1. The number of nitrogens with one attached hydrogen (secondary N) is 1. The van der Waals surface area contributed by atoms with Gasteiger partial charge in [0.1, 0.15) is 5.75 Å². The number of aryl methyl sites for hydroxylation is 1. The van der Waals surface area contributed by atoms with Crippen LogP contribution in [0.15, 0.2) is 24.3 Å². The van der Waals surface area contributed by atoms with Crippen molar-refractivity contribution in [1.29, 1.82) is 0 Å². The van der Waals surface area contributed by atoms with Crippen LogP contribution in [0.1, 0.15) is 44.6 Å². The third-order valence-electron chi connectivity index (χ3n) is 4.48. The summed E-state index contributed by atoms with van der Waals surface area (Å²) in [4.78, 5) is 14.5. The molecule has 1 heterocycles. The molecule has 1 atom stereocenters. The number of rotatable bonds is 7. The molecule has 128 valence electrons. The second-order valence-electron chi connectivity index (χ2n) is 6.43. The van der Waals surface area contributed by atoms with E-state index in [2.05, 4.69) is 17.1 Å². The molecule has 0 spiro atoms. The van der Waals surface area contributed by atoms with E-state index in [-0.39, 0.29) is 11.9 Å². The highest BCUT2D eigenvalue weighted by Gasteiger charge is 2.21. The third kappa shape index (κ3) is 6.22. The monoisotopic (exact) mass is 318 g/mol. The summed E-state index contributed by atoms with van der Waals surface area (Å²) in [6, 6.07) is 8.02. The number of hydrogen-bond acceptors (Lipinski definition) is 3. The van der Waals surface area contributed by atoms with Crippen molar-refractivity contribution >= 4 is 5.91 Å². The number of carbonyl (C=O) groups excluding carboxylic acids is 1. The molecule has 0 bridgehead atoms. The van der Waals surface area contributed by atoms with Gasteiger partial charge in [-0.2, -0.15) is 0 Å². The number of likely N-dealkylation sites (tertiary alicyclic amines) is 1. The van der Waals surface area contributed by atoms with Crippen molar-refractivity contribution in [3.05, 3.63) is 29.8 Å². The van der Waals surface area contributed by atoms with E-state index < -0.39 is 0 Å². The quantitative estimate of drug-likeness (QED) is 0.785. The van der Waals surface area contributed by atoms with Gasteiger partial charge < -0.3 is 10.1 Å². The summed E-state index contributed by atoms with van der Waals surface area (Å²) >= 11 is 0. The minimum absolute atomic E-state index is 0.0221. The Hall–Kier alpha value is -1.55. The molecule has 1 amide bonds. The second-order valence-corrected chi connectivity index (χ2v) is 6.43. The molecule has 23 heavy (non-hydrogen) atoms. The molecule has 0 radical (unpaired) electrons. The minimum Gasteiger partial charge on any atom is -0.494 e. The van der Waals surface area contributed by atoms with E-state index in [1.165, 1.54) is 31.2 Å². The van der Waals surface area contributed by atoms with E-state index in [9.17, 15) is 4.79 Å². The molecular formula is C19H30N2O2. The van der Waals surface area contributed by atoms with Crippen molar-refractivity contribution in [3.8, 4) is 5.75 Å². The van der Waals surface area contributed by atoms with Crippen LogP contribution in [0.5, 0.6) is 5.75 Å². The van der Waals surface area contributed by atoms with Gasteiger partial charge in [-0.05, 0) is 58.3 Å². The van der Waals surface area contributed by atoms with Crippen molar-refractivity contribution in [2.45, 2.75) is 52.0 Å². The second kappa shape index (κ2) is 9.56. The van der Waals surface area contributed by atoms with Crippen molar-refractivity contribution in [2.24, 2.45) is 0 Å². The lowest BCUT2D eigenvalue weighted by Crippen LogP contribution is -2.45. The smallest absolute Gasteiger partial charge is 0.237 e. The Morgan fingerprint density at radius 2 is 1.83 bits per heavy atom. The van der Waals surface area contributed by atoms with E-state index in [1.807, 2.05) is 31.2 Å². The predicted octanol–water partition coefficient (Wildman–Crippen LogP) is 3.14. The van der Waals surface area contributed by atoms with Crippen LogP contribution >= 0.6 is 0 Å². The maximum Gasteiger partial charge on any atom is 0.237 e. The van der Waals surface area contributed by atoms with Gasteiger partial charge >= 0.3 is 0 Å². The minimum atomic E-state index is -0.0221. The molecule has 4 heteroatoms. The van der Waals surface area contributed by atoms with Gasteiger partial charge in [0.25, 0.3) is 0 Å². The molecule has 2 rings (SSSR count). The first-order valence-electron chi connectivity index (χ1n) is 8.88. The fourth-order valence-corrected chi connectivity index (χ4v) is 2.90. The SMILES string of the molecule is Cc1ccc(OCCCNC(=O)C(C)N2CCCCCC2)cc1. The van der Waals surface area contributed by atoms with E-state index in [0.29, 0.717) is 13.2 Å². The first kappa shape index (κ1) is 17.8. The molecule has 1 aliphatic heterocycles. The van der Waals surface area contributed by atoms with Gasteiger partial charge in [-0.25, -0.2) is 0 Å². The molecule has 0 aromatic heterocycles. The molecule has 1 saturated heterocycles. The molecule has 1 fully saturated rings. The lowest BCUT2D eigenvalue weighted by molar-refractivity contribution is -0.125. The summed E-state index contributed by atoms with van der Waals surface area (Å²) in [5, 5.41) is 3.03. The molecule has 0 aliphatic carbocycles. The first-order valence-corrected chi connectivity index (χ1v) is 8.88. The summed E-state index contributed by atoms with van der Waals surface area (Å²) in [5.41, 5.74) is 1.23. The highest BCUT2D eigenvalue weighted by Crippen LogP contribution is 2.13. The van der Waals surface area contributed by atoms with E-state index >= 15 is 0 Å². The molecule has 1 aliphatic rings. The van der Waals surface area contributed by atoms with Gasteiger partial charge in [0.15, 0.2) is 0 Å². The highest BCUT2D eigenvalue weighted by atomic mass is 16.5. The number of ether oxygens (including phenoxy) is 1. The van der Waals surface area contributed by atoms with Crippen LogP contribution in [0.2, 0.25) is 0 Å². The van der Waals surface area contributed by atoms with Crippen LogP contribution < -0.4 is 10.1 Å². The fraction of sp³-hybridized carbons (Fsp3) is 0.632. The Labute approximate surface area is 140 Å². The van der Waals surface area contributed by atoms with Crippen molar-refractivity contribution < 1.29 is 9.53 Å². The standard InChI is InChI=1S/C19H30N2O2/c1-16-8-10-18(11-9-16)23-15-7-12-20-19(22)17(2)21-13-5-3-4-6-14-21/h8-11,17H,3-7,12-15H2,1-2H3,(H,20,22). The van der Waals surface area contributed by atoms with E-state index in [4.69, 9.17) is 4.74 Å². The van der Waals surface area contributed by atoms with Crippen molar-refractivity contribution in [1.82, 2.24) is 10.2 Å². The van der Waals surface area contributed by atoms with Gasteiger partial charge in [0.05, 0.1) is 12.6 Å².